The van der Waals surface area contributed by atoms with Crippen LogP contribution in [0.25, 0.3) is 0 Å². The number of likely N-dealkylation sites (tertiary alicyclic amines) is 1. The zero-order chi connectivity index (χ0) is 17.4. The second-order valence-corrected chi connectivity index (χ2v) is 7.68. The van der Waals surface area contributed by atoms with Crippen LogP contribution in [-0.2, 0) is 17.6 Å². The van der Waals surface area contributed by atoms with Gasteiger partial charge in [-0.25, -0.2) is 9.97 Å². The van der Waals surface area contributed by atoms with Crippen LogP contribution < -0.4 is 4.90 Å². The van der Waals surface area contributed by atoms with Crippen LogP contribution >= 0.6 is 0 Å². The SMILES string of the molecule is Cc1nc2c(c(N3CCN(C(=O)C4CCCN4C)CC3)n1)CCCC2. The van der Waals surface area contributed by atoms with Crippen molar-refractivity contribution >= 4 is 11.7 Å². The van der Waals surface area contributed by atoms with Crippen LogP contribution in [0.2, 0.25) is 0 Å². The van der Waals surface area contributed by atoms with E-state index in [-0.39, 0.29) is 6.04 Å². The summed E-state index contributed by atoms with van der Waals surface area (Å²) in [5.74, 6) is 2.33. The van der Waals surface area contributed by atoms with Crippen molar-refractivity contribution in [2.45, 2.75) is 51.5 Å². The number of rotatable bonds is 2. The fourth-order valence-electron chi connectivity index (χ4n) is 4.53. The van der Waals surface area contributed by atoms with Crippen molar-refractivity contribution in [1.29, 1.82) is 0 Å². The summed E-state index contributed by atoms with van der Waals surface area (Å²) in [5.41, 5.74) is 2.60. The topological polar surface area (TPSA) is 52.6 Å². The van der Waals surface area contributed by atoms with E-state index < -0.39 is 0 Å². The number of hydrogen-bond acceptors (Lipinski definition) is 5. The molecule has 0 N–H and O–H groups in total. The molecule has 0 spiro atoms. The van der Waals surface area contributed by atoms with E-state index in [1.807, 2.05) is 6.92 Å². The number of amides is 1. The summed E-state index contributed by atoms with van der Waals surface area (Å²) < 4.78 is 0. The molecule has 1 unspecified atom stereocenters. The number of aryl methyl sites for hydroxylation is 2. The Morgan fingerprint density at radius 3 is 2.48 bits per heavy atom. The van der Waals surface area contributed by atoms with E-state index in [4.69, 9.17) is 4.98 Å². The first-order chi connectivity index (χ1) is 12.1. The average molecular weight is 343 g/mol. The highest BCUT2D eigenvalue weighted by Gasteiger charge is 2.33. The molecule has 6 heteroatoms. The lowest BCUT2D eigenvalue weighted by atomic mass is 9.96. The molecule has 3 aliphatic rings. The summed E-state index contributed by atoms with van der Waals surface area (Å²) in [6.07, 6.45) is 6.79. The van der Waals surface area contributed by atoms with Crippen molar-refractivity contribution < 1.29 is 4.79 Å². The number of carbonyl (C=O) groups excluding carboxylic acids is 1. The standard InChI is InChI=1S/C19H29N5O/c1-14-20-16-7-4-3-6-15(16)18(21-14)23-10-12-24(13-11-23)19(25)17-8-5-9-22(17)2/h17H,3-13H2,1-2H3. The molecule has 136 valence electrons. The Morgan fingerprint density at radius 2 is 1.76 bits per heavy atom. The van der Waals surface area contributed by atoms with Gasteiger partial charge >= 0.3 is 0 Å². The van der Waals surface area contributed by atoms with Gasteiger partial charge in [-0.1, -0.05) is 0 Å². The maximum absolute atomic E-state index is 12.8. The predicted octanol–water partition coefficient (Wildman–Crippen LogP) is 1.41. The Hall–Kier alpha value is -1.69. The number of piperazine rings is 1. The quantitative estimate of drug-likeness (QED) is 0.813. The molecule has 1 atom stereocenters. The van der Waals surface area contributed by atoms with Crippen molar-refractivity contribution in [3.8, 4) is 0 Å². The number of anilines is 1. The predicted molar refractivity (Wildman–Crippen MR) is 97.9 cm³/mol. The van der Waals surface area contributed by atoms with Gasteiger partial charge in [-0.3, -0.25) is 9.69 Å². The number of carbonyl (C=O) groups is 1. The van der Waals surface area contributed by atoms with Gasteiger partial charge in [0.25, 0.3) is 0 Å². The number of likely N-dealkylation sites (N-methyl/N-ethyl adjacent to an activating group) is 1. The molecule has 6 nitrogen and oxygen atoms in total. The highest BCUT2D eigenvalue weighted by atomic mass is 16.2. The Bertz CT molecular complexity index is 653. The van der Waals surface area contributed by atoms with Crippen LogP contribution in [0.3, 0.4) is 0 Å². The van der Waals surface area contributed by atoms with Crippen LogP contribution in [0.1, 0.15) is 42.8 Å². The summed E-state index contributed by atoms with van der Waals surface area (Å²) in [6, 6.07) is 0.0978. The summed E-state index contributed by atoms with van der Waals surface area (Å²) in [4.78, 5) is 28.9. The fourth-order valence-corrected chi connectivity index (χ4v) is 4.53. The molecule has 3 heterocycles. The second kappa shape index (κ2) is 6.90. The third-order valence-electron chi connectivity index (χ3n) is 5.97. The third kappa shape index (κ3) is 3.24. The van der Waals surface area contributed by atoms with Gasteiger partial charge in [0.15, 0.2) is 0 Å². The maximum Gasteiger partial charge on any atom is 0.240 e. The van der Waals surface area contributed by atoms with Crippen molar-refractivity contribution in [3.05, 3.63) is 17.1 Å². The number of nitrogens with zero attached hydrogens (tertiary/aromatic N) is 5. The molecule has 0 aromatic carbocycles. The van der Waals surface area contributed by atoms with E-state index in [0.717, 1.165) is 70.0 Å². The molecule has 1 aliphatic carbocycles. The molecule has 0 saturated carbocycles. The molecule has 1 aromatic rings. The van der Waals surface area contributed by atoms with Crippen molar-refractivity contribution in [2.75, 3.05) is 44.7 Å². The zero-order valence-corrected chi connectivity index (χ0v) is 15.5. The minimum absolute atomic E-state index is 0.0978. The summed E-state index contributed by atoms with van der Waals surface area (Å²) >= 11 is 0. The zero-order valence-electron chi connectivity index (χ0n) is 15.5. The normalized spacial score (nSPS) is 24.5. The first-order valence-electron chi connectivity index (χ1n) is 9.74. The van der Waals surface area contributed by atoms with E-state index in [1.165, 1.54) is 24.1 Å². The number of aromatic nitrogens is 2. The first kappa shape index (κ1) is 16.8. The van der Waals surface area contributed by atoms with Crippen LogP contribution in [0, 0.1) is 6.92 Å². The Labute approximate surface area is 150 Å². The highest BCUT2D eigenvalue weighted by molar-refractivity contribution is 5.82. The first-order valence-corrected chi connectivity index (χ1v) is 9.74. The van der Waals surface area contributed by atoms with Gasteiger partial charge in [0.2, 0.25) is 5.91 Å². The number of fused-ring (bicyclic) bond motifs is 1. The van der Waals surface area contributed by atoms with Gasteiger partial charge < -0.3 is 9.80 Å². The van der Waals surface area contributed by atoms with Gasteiger partial charge in [0, 0.05) is 37.4 Å². The lowest BCUT2D eigenvalue weighted by Crippen LogP contribution is -2.53. The molecular weight excluding hydrogens is 314 g/mol. The lowest BCUT2D eigenvalue weighted by molar-refractivity contribution is -0.135. The highest BCUT2D eigenvalue weighted by Crippen LogP contribution is 2.29. The van der Waals surface area contributed by atoms with Gasteiger partial charge in [-0.2, -0.15) is 0 Å². The Balaban J connectivity index is 1.46. The van der Waals surface area contributed by atoms with Crippen LogP contribution in [0.15, 0.2) is 0 Å². The minimum Gasteiger partial charge on any atom is -0.353 e. The van der Waals surface area contributed by atoms with E-state index >= 15 is 0 Å². The largest absolute Gasteiger partial charge is 0.353 e. The molecule has 0 bridgehead atoms. The summed E-state index contributed by atoms with van der Waals surface area (Å²) in [5, 5.41) is 0. The van der Waals surface area contributed by atoms with E-state index in [9.17, 15) is 4.79 Å². The monoisotopic (exact) mass is 343 g/mol. The lowest BCUT2D eigenvalue weighted by Gasteiger charge is -2.38. The molecule has 0 radical (unpaired) electrons. The minimum atomic E-state index is 0.0978. The molecule has 2 fully saturated rings. The van der Waals surface area contributed by atoms with E-state index in [2.05, 4.69) is 26.7 Å². The smallest absolute Gasteiger partial charge is 0.240 e. The van der Waals surface area contributed by atoms with Crippen molar-refractivity contribution in [3.63, 3.8) is 0 Å². The van der Waals surface area contributed by atoms with E-state index in [0.29, 0.717) is 5.91 Å². The van der Waals surface area contributed by atoms with Crippen LogP contribution in [0.5, 0.6) is 0 Å². The third-order valence-corrected chi connectivity index (χ3v) is 5.97. The summed E-state index contributed by atoms with van der Waals surface area (Å²) in [6.45, 7) is 6.41. The molecule has 1 aromatic heterocycles. The molecule has 4 rings (SSSR count). The molecule has 25 heavy (non-hydrogen) atoms. The maximum atomic E-state index is 12.8. The fraction of sp³-hybridized carbons (Fsp3) is 0.737. The summed E-state index contributed by atoms with van der Waals surface area (Å²) in [7, 11) is 2.07. The molecule has 1 amide bonds. The molecule has 2 saturated heterocycles. The van der Waals surface area contributed by atoms with Gasteiger partial charge in [0.05, 0.1) is 6.04 Å². The van der Waals surface area contributed by atoms with Crippen molar-refractivity contribution in [2.24, 2.45) is 0 Å². The Kier molecular flexibility index (Phi) is 4.63. The van der Waals surface area contributed by atoms with Crippen LogP contribution in [0.4, 0.5) is 5.82 Å². The molecule has 2 aliphatic heterocycles. The van der Waals surface area contributed by atoms with Crippen molar-refractivity contribution in [1.82, 2.24) is 19.8 Å². The van der Waals surface area contributed by atoms with Gasteiger partial charge in [-0.15, -0.1) is 0 Å². The Morgan fingerprint density at radius 1 is 1.00 bits per heavy atom. The average Bonchev–Trinajstić information content (AvgIpc) is 3.06. The second-order valence-electron chi connectivity index (χ2n) is 7.68. The van der Waals surface area contributed by atoms with E-state index in [1.54, 1.807) is 0 Å². The van der Waals surface area contributed by atoms with Crippen LogP contribution in [-0.4, -0.2) is 71.5 Å². The molecular formula is C19H29N5O. The van der Waals surface area contributed by atoms with Gasteiger partial charge in [-0.05, 0) is 59.0 Å². The number of hydrogen-bond donors (Lipinski definition) is 0. The van der Waals surface area contributed by atoms with Gasteiger partial charge in [0.1, 0.15) is 11.6 Å².